The maximum atomic E-state index is 12.5. The van der Waals surface area contributed by atoms with Gasteiger partial charge in [-0.1, -0.05) is 67.4 Å². The van der Waals surface area contributed by atoms with E-state index in [1.165, 1.54) is 7.05 Å². The number of carboxylic acids is 1. The molecular formula is C27H30ClN7O4. The molecule has 0 fully saturated rings. The van der Waals surface area contributed by atoms with Crippen LogP contribution < -0.4 is 5.32 Å². The molecule has 1 atom stereocenters. The highest BCUT2D eigenvalue weighted by Crippen LogP contribution is 2.31. The van der Waals surface area contributed by atoms with E-state index >= 15 is 0 Å². The molecule has 2 aromatic heterocycles. The van der Waals surface area contributed by atoms with Crippen molar-refractivity contribution in [2.75, 3.05) is 7.05 Å². The number of halogens is 1. The normalized spacial score (nSPS) is 11.9. The average Bonchev–Trinajstić information content (AvgIpc) is 3.58. The summed E-state index contributed by atoms with van der Waals surface area (Å²) in [7, 11) is 1.51. The van der Waals surface area contributed by atoms with Crippen molar-refractivity contribution in [3.63, 3.8) is 0 Å². The number of aryl methyl sites for hydroxylation is 1. The number of H-pyrrole nitrogens is 1. The lowest BCUT2D eigenvalue weighted by Gasteiger charge is -2.16. The summed E-state index contributed by atoms with van der Waals surface area (Å²) in [4.78, 5) is 28.2. The summed E-state index contributed by atoms with van der Waals surface area (Å²) in [6.45, 7) is 2.36. The minimum Gasteiger partial charge on any atom is -0.481 e. The Bertz CT molecular complexity index is 1410. The monoisotopic (exact) mass is 551 g/mol. The van der Waals surface area contributed by atoms with Gasteiger partial charge in [0.15, 0.2) is 5.15 Å². The van der Waals surface area contributed by atoms with Crippen molar-refractivity contribution in [2.45, 2.75) is 51.8 Å². The van der Waals surface area contributed by atoms with E-state index in [4.69, 9.17) is 21.4 Å². The van der Waals surface area contributed by atoms with E-state index < -0.39 is 24.4 Å². The summed E-state index contributed by atoms with van der Waals surface area (Å²) >= 11 is 6.53. The van der Waals surface area contributed by atoms with Gasteiger partial charge in [0.2, 0.25) is 5.82 Å². The number of aromatic amines is 1. The van der Waals surface area contributed by atoms with Crippen molar-refractivity contribution in [2.24, 2.45) is 0 Å². The van der Waals surface area contributed by atoms with Crippen molar-refractivity contribution in [1.29, 1.82) is 0 Å². The van der Waals surface area contributed by atoms with E-state index in [9.17, 15) is 9.59 Å². The zero-order chi connectivity index (χ0) is 27.8. The van der Waals surface area contributed by atoms with Crippen LogP contribution in [0.3, 0.4) is 0 Å². The predicted molar refractivity (Wildman–Crippen MR) is 145 cm³/mol. The number of unbranched alkanes of at least 4 members (excludes halogenated alkanes) is 1. The number of carbonyl (C=O) groups is 2. The number of esters is 1. The van der Waals surface area contributed by atoms with Gasteiger partial charge in [-0.05, 0) is 41.4 Å². The van der Waals surface area contributed by atoms with Gasteiger partial charge in [0.05, 0.1) is 12.1 Å². The lowest BCUT2D eigenvalue weighted by atomic mass is 9.97. The molecule has 0 aliphatic carbocycles. The van der Waals surface area contributed by atoms with Crippen LogP contribution in [0.2, 0.25) is 5.15 Å². The Morgan fingerprint density at radius 2 is 1.97 bits per heavy atom. The largest absolute Gasteiger partial charge is 0.481 e. The fourth-order valence-corrected chi connectivity index (χ4v) is 4.53. The van der Waals surface area contributed by atoms with Crippen LogP contribution >= 0.6 is 11.6 Å². The maximum absolute atomic E-state index is 12.5. The van der Waals surface area contributed by atoms with E-state index in [2.05, 4.69) is 37.8 Å². The molecule has 4 aromatic rings. The van der Waals surface area contributed by atoms with Gasteiger partial charge in [0, 0.05) is 18.5 Å². The lowest BCUT2D eigenvalue weighted by Crippen LogP contribution is -2.37. The summed E-state index contributed by atoms with van der Waals surface area (Å²) in [6, 6.07) is 15.0. The van der Waals surface area contributed by atoms with Crippen LogP contribution in [0.5, 0.6) is 0 Å². The smallest absolute Gasteiger partial charge is 0.324 e. The number of nitrogens with one attached hydrogen (secondary N) is 2. The second kappa shape index (κ2) is 13.1. The number of carboxylic acid groups (broad SMARTS) is 1. The average molecular weight is 552 g/mol. The van der Waals surface area contributed by atoms with Crippen LogP contribution in [0.1, 0.15) is 43.3 Å². The Morgan fingerprint density at radius 3 is 2.64 bits per heavy atom. The van der Waals surface area contributed by atoms with Crippen molar-refractivity contribution >= 4 is 23.5 Å². The number of tetrazole rings is 1. The number of aliphatic carboxylic acids is 1. The first kappa shape index (κ1) is 27.9. The molecule has 0 aliphatic heterocycles. The molecule has 0 saturated carbocycles. The highest BCUT2D eigenvalue weighted by atomic mass is 35.5. The fourth-order valence-electron chi connectivity index (χ4n) is 4.28. The Morgan fingerprint density at radius 1 is 1.18 bits per heavy atom. The standard InChI is InChI=1S/C27H30ClN7O4/c1-3-4-10-23-30-25(28)22(16-39-27(38)21(29-2)14-24(36)37)35(23)15-17-11-12-19(18-8-6-5-7-9-18)20(13-17)26-31-33-34-32-26/h5-9,11-13,21,29H,3-4,10,14-16H2,1-2H3,(H,36,37)(H,31,32,33,34)/t21-/m1/s1. The molecule has 0 spiro atoms. The minimum absolute atomic E-state index is 0.144. The number of imidazole rings is 1. The molecule has 0 aliphatic rings. The van der Waals surface area contributed by atoms with Gasteiger partial charge in [-0.2, -0.15) is 5.21 Å². The maximum Gasteiger partial charge on any atom is 0.324 e. The van der Waals surface area contributed by atoms with Gasteiger partial charge in [-0.25, -0.2) is 4.98 Å². The highest BCUT2D eigenvalue weighted by Gasteiger charge is 2.24. The Balaban J connectivity index is 1.67. The molecule has 0 unspecified atom stereocenters. The SMILES string of the molecule is CCCCc1nc(Cl)c(COC(=O)[C@@H](CC(=O)O)NC)n1Cc1ccc(-c2ccccc2)c(-c2nn[nH]n2)c1. The fraction of sp³-hybridized carbons (Fsp3) is 0.333. The second-order valence-corrected chi connectivity index (χ2v) is 9.34. The Hall–Kier alpha value is -4.09. The van der Waals surface area contributed by atoms with Gasteiger partial charge in [0.1, 0.15) is 18.5 Å². The minimum atomic E-state index is -1.10. The molecule has 0 saturated heterocycles. The molecule has 2 aromatic carbocycles. The number of benzene rings is 2. The van der Waals surface area contributed by atoms with Gasteiger partial charge in [0.25, 0.3) is 0 Å². The number of aromatic nitrogens is 6. The number of nitrogens with zero attached hydrogens (tertiary/aromatic N) is 5. The summed E-state index contributed by atoms with van der Waals surface area (Å²) in [6.07, 6.45) is 2.19. The molecule has 12 heteroatoms. The third-order valence-corrected chi connectivity index (χ3v) is 6.62. The molecule has 3 N–H and O–H groups in total. The van der Waals surface area contributed by atoms with Crippen LogP contribution in [-0.4, -0.2) is 60.3 Å². The zero-order valence-electron chi connectivity index (χ0n) is 21.7. The molecule has 0 amide bonds. The van der Waals surface area contributed by atoms with Crippen LogP contribution in [0.4, 0.5) is 0 Å². The van der Waals surface area contributed by atoms with Crippen molar-refractivity contribution in [3.8, 4) is 22.5 Å². The number of ether oxygens (including phenoxy) is 1. The molecule has 0 radical (unpaired) electrons. The van der Waals surface area contributed by atoms with E-state index in [1.807, 2.05) is 53.1 Å². The van der Waals surface area contributed by atoms with Crippen LogP contribution in [-0.2, 0) is 33.9 Å². The molecule has 2 heterocycles. The Labute approximate surface area is 230 Å². The number of rotatable bonds is 13. The third-order valence-electron chi connectivity index (χ3n) is 6.32. The molecule has 204 valence electrons. The molecule has 11 nitrogen and oxygen atoms in total. The summed E-state index contributed by atoms with van der Waals surface area (Å²) in [5, 5.41) is 26.7. The first-order chi connectivity index (χ1) is 18.9. The summed E-state index contributed by atoms with van der Waals surface area (Å²) in [5.41, 5.74) is 4.27. The van der Waals surface area contributed by atoms with Crippen LogP contribution in [0.25, 0.3) is 22.5 Å². The topological polar surface area (TPSA) is 148 Å². The number of hydrogen-bond acceptors (Lipinski definition) is 8. The highest BCUT2D eigenvalue weighted by molar-refractivity contribution is 6.30. The number of likely N-dealkylation sites (N-methyl/N-ethyl adjacent to an activating group) is 1. The predicted octanol–water partition coefficient (Wildman–Crippen LogP) is 3.88. The first-order valence-corrected chi connectivity index (χ1v) is 13.0. The molecule has 4 rings (SSSR count). The van der Waals surface area contributed by atoms with Crippen molar-refractivity contribution < 1.29 is 19.4 Å². The first-order valence-electron chi connectivity index (χ1n) is 12.6. The van der Waals surface area contributed by atoms with Gasteiger partial charge in [-0.15, -0.1) is 10.2 Å². The number of hydrogen-bond donors (Lipinski definition) is 3. The second-order valence-electron chi connectivity index (χ2n) is 8.98. The van der Waals surface area contributed by atoms with Gasteiger partial charge >= 0.3 is 11.9 Å². The van der Waals surface area contributed by atoms with Crippen LogP contribution in [0, 0.1) is 0 Å². The van der Waals surface area contributed by atoms with Crippen molar-refractivity contribution in [3.05, 3.63) is 70.8 Å². The van der Waals surface area contributed by atoms with Crippen LogP contribution in [0.15, 0.2) is 48.5 Å². The van der Waals surface area contributed by atoms with E-state index in [-0.39, 0.29) is 11.8 Å². The van der Waals surface area contributed by atoms with E-state index in [1.54, 1.807) is 0 Å². The zero-order valence-corrected chi connectivity index (χ0v) is 22.5. The van der Waals surface area contributed by atoms with Gasteiger partial charge < -0.3 is 19.7 Å². The Kier molecular flexibility index (Phi) is 9.40. The van der Waals surface area contributed by atoms with Gasteiger partial charge in [-0.3, -0.25) is 9.59 Å². The number of carbonyl (C=O) groups excluding carboxylic acids is 1. The van der Waals surface area contributed by atoms with E-state index in [0.29, 0.717) is 24.5 Å². The summed E-state index contributed by atoms with van der Waals surface area (Å²) < 4.78 is 7.43. The van der Waals surface area contributed by atoms with Crippen molar-refractivity contribution in [1.82, 2.24) is 35.5 Å². The summed E-state index contributed by atoms with van der Waals surface area (Å²) in [5.74, 6) is -0.536. The lowest BCUT2D eigenvalue weighted by molar-refractivity contribution is -0.151. The molecular weight excluding hydrogens is 522 g/mol. The molecule has 39 heavy (non-hydrogen) atoms. The molecule has 0 bridgehead atoms. The third kappa shape index (κ3) is 6.87. The van der Waals surface area contributed by atoms with E-state index in [0.717, 1.165) is 40.9 Å². The quantitative estimate of drug-likeness (QED) is 0.210.